The summed E-state index contributed by atoms with van der Waals surface area (Å²) in [5.74, 6) is 0. The van der Waals surface area contributed by atoms with Crippen molar-refractivity contribution in [1.82, 2.24) is 0 Å². The van der Waals surface area contributed by atoms with Gasteiger partial charge in [-0.2, -0.15) is 0 Å². The zero-order chi connectivity index (χ0) is 64.8. The molecule has 0 aromatic carbocycles. The SMILES string of the molecule is [CH3][Sn]([CH3])([Cl])[CH](CCO[C@H]1[C@H]2O[C@H]3[C@H](O)[C@@H](O)[C@@H](O[C@H]4[C@H](O)[C@@H](O)[C@@H](O[C@H]5[C@H](O)[C@@H](O)[C@@H](O[C@H]6[C@H](O)[C@@H](O)[C@@H](O[C@H]7[C@H](O)[C@@H](O)[C@@H](O[C@H]8[C@H](O)[C@@H](O)[C@@H](O[C@@H]([C@@H]1O)[C@@H](CO)O2)O[C@@H]8CO)O[C@@H]7CO)O[C@@H]6CO)O[C@@H]5CO)O[C@@H]4CO)O[C@@H]3CO)[Sn]([CH3])([CH3])[Cl]. The second kappa shape index (κ2) is 31.5. The number of hydrogen-bond donors (Lipinski definition) is 20. The van der Waals surface area contributed by atoms with Gasteiger partial charge in [0.15, 0.2) is 25.2 Å². The van der Waals surface area contributed by atoms with Crippen LogP contribution in [0, 0.1) is 0 Å². The predicted molar refractivity (Wildman–Crippen MR) is 287 cm³/mol. The van der Waals surface area contributed by atoms with E-state index in [4.69, 9.17) is 88.9 Å². The first-order chi connectivity index (χ1) is 41.5. The van der Waals surface area contributed by atoms with Gasteiger partial charge in [-0.3, -0.25) is 0 Å². The van der Waals surface area contributed by atoms with Crippen molar-refractivity contribution in [3.05, 3.63) is 0 Å². The van der Waals surface area contributed by atoms with Crippen molar-refractivity contribution in [2.75, 3.05) is 52.9 Å². The van der Waals surface area contributed by atoms with Crippen LogP contribution in [0.15, 0.2) is 0 Å². The second-order valence-corrected chi connectivity index (χ2v) is 63.6. The second-order valence-electron chi connectivity index (χ2n) is 24.0. The molecule has 0 unspecified atom stereocenters. The van der Waals surface area contributed by atoms with Crippen LogP contribution < -0.4 is 0 Å². The normalized spacial score (nSPS) is 50.4. The van der Waals surface area contributed by atoms with Gasteiger partial charge in [-0.05, 0) is 0 Å². The molecule has 15 rings (SSSR count). The van der Waals surface area contributed by atoms with Crippen LogP contribution in [0.5, 0.6) is 0 Å². The molecular weight excluding hydrogens is 1460 g/mol. The van der Waals surface area contributed by atoms with Gasteiger partial charge < -0.3 is 104 Å². The van der Waals surface area contributed by atoms with E-state index in [9.17, 15) is 102 Å². The number of aliphatic hydroxyl groups excluding tert-OH is 20. The Hall–Kier alpha value is 0.777. The molecule has 0 aromatic heterocycles. The van der Waals surface area contributed by atoms with Crippen molar-refractivity contribution >= 4 is 52.3 Å². The van der Waals surface area contributed by atoms with Crippen LogP contribution in [0.4, 0.5) is 0 Å². The Kier molecular flexibility index (Phi) is 26.7. The van der Waals surface area contributed by atoms with Crippen molar-refractivity contribution in [3.8, 4) is 0 Å². The zero-order valence-corrected chi connectivity index (χ0v) is 55.2. The maximum absolute atomic E-state index is 12.3. The van der Waals surface area contributed by atoms with E-state index in [1.165, 1.54) is 0 Å². The summed E-state index contributed by atoms with van der Waals surface area (Å²) in [6.45, 7) is -7.45. The van der Waals surface area contributed by atoms with E-state index in [1.54, 1.807) is 0 Å². The Morgan fingerprint density at radius 3 is 0.659 bits per heavy atom. The van der Waals surface area contributed by atoms with Gasteiger partial charge in [0.1, 0.15) is 97.7 Å². The predicted octanol–water partition coefficient (Wildman–Crippen LogP) is -11.0. The van der Waals surface area contributed by atoms with Crippen molar-refractivity contribution in [3.63, 3.8) is 0 Å². The van der Waals surface area contributed by atoms with E-state index in [0.717, 1.165) is 0 Å². The Morgan fingerprint density at radius 1 is 0.284 bits per heavy atom. The number of rotatable bonds is 13. The van der Waals surface area contributed by atoms with Gasteiger partial charge in [0.05, 0.1) is 26.4 Å². The van der Waals surface area contributed by atoms with Crippen molar-refractivity contribution in [1.29, 1.82) is 0 Å². The summed E-state index contributed by atoms with van der Waals surface area (Å²) >= 11 is -6.74. The number of halogens is 2. The van der Waals surface area contributed by atoms with E-state index < -0.39 is 296 Å². The van der Waals surface area contributed by atoms with Crippen LogP contribution >= 0.6 is 17.8 Å². The molecule has 35 nitrogen and oxygen atoms in total. The third-order valence-electron chi connectivity index (χ3n) is 17.1. The summed E-state index contributed by atoms with van der Waals surface area (Å²) in [5, 5.41) is 224. The molecule has 35 atom stereocenters. The van der Waals surface area contributed by atoms with Gasteiger partial charge in [0, 0.05) is 0 Å². The summed E-state index contributed by atoms with van der Waals surface area (Å²) in [6.07, 6.45) is -69.1. The first kappa shape index (κ1) is 74.6. The van der Waals surface area contributed by atoms with E-state index in [2.05, 4.69) is 0 Å². The third-order valence-corrected chi connectivity index (χ3v) is 66.4. The maximum atomic E-state index is 12.3. The molecule has 0 spiro atoms. The summed E-state index contributed by atoms with van der Waals surface area (Å²) < 4.78 is 88.1. The van der Waals surface area contributed by atoms with Gasteiger partial charge >= 0.3 is 268 Å². The van der Waals surface area contributed by atoms with Gasteiger partial charge in [0.2, 0.25) is 0 Å². The van der Waals surface area contributed by atoms with Crippen LogP contribution in [0.3, 0.4) is 0 Å². The van der Waals surface area contributed by atoms with Crippen LogP contribution in [0.2, 0.25) is 21.7 Å². The van der Waals surface area contributed by atoms with Crippen LogP contribution in [-0.4, -0.2) is 404 Å². The molecule has 0 aromatic rings. The average Bonchev–Trinajstić information content (AvgIpc) is 1.33. The van der Waals surface area contributed by atoms with E-state index in [-0.39, 0.29) is 15.0 Å². The molecule has 15 saturated heterocycles. The number of ether oxygens (including phenoxy) is 15. The number of aliphatic hydroxyl groups is 20. The minimum atomic E-state index is -3.37. The van der Waals surface area contributed by atoms with Crippen molar-refractivity contribution in [2.45, 2.75) is 243 Å². The van der Waals surface area contributed by atoms with Crippen LogP contribution in [0.1, 0.15) is 6.42 Å². The Balaban J connectivity index is 1.12. The molecule has 514 valence electrons. The monoisotopic (exact) mass is 1540 g/mol. The molecule has 0 amide bonds. The van der Waals surface area contributed by atoms with Crippen molar-refractivity contribution < 1.29 is 173 Å². The molecule has 20 N–H and O–H groups in total. The summed E-state index contributed by atoms with van der Waals surface area (Å²) in [6, 6.07) is 0. The number of fused-ring (bicyclic) bond motifs is 7. The molecule has 0 aliphatic carbocycles. The molecule has 0 radical (unpaired) electrons. The first-order valence-electron chi connectivity index (χ1n) is 28.7. The molecular formula is C49H86Cl2O35Sn2. The van der Waals surface area contributed by atoms with Gasteiger partial charge in [-0.15, -0.1) is 0 Å². The summed E-state index contributed by atoms with van der Waals surface area (Å²) in [7, 11) is 14.1. The zero-order valence-electron chi connectivity index (χ0n) is 48.0. The quantitative estimate of drug-likeness (QED) is 0.0762. The third kappa shape index (κ3) is 15.8. The minimum absolute atomic E-state index is 0.0955. The fourth-order valence-corrected chi connectivity index (χ4v) is 81.4. The van der Waals surface area contributed by atoms with E-state index in [1.807, 2.05) is 19.8 Å². The van der Waals surface area contributed by atoms with Gasteiger partial charge in [-0.1, -0.05) is 0 Å². The Morgan fingerprint density at radius 2 is 0.466 bits per heavy atom. The first-order valence-corrected chi connectivity index (χ1v) is 50.7. The van der Waals surface area contributed by atoms with Gasteiger partial charge in [-0.25, -0.2) is 0 Å². The molecule has 39 heteroatoms. The van der Waals surface area contributed by atoms with Crippen LogP contribution in [0.25, 0.3) is 0 Å². The molecule has 15 heterocycles. The summed E-state index contributed by atoms with van der Waals surface area (Å²) in [4.78, 5) is 7.87. The standard InChI is InChI=1S/C45H74O35.4CH3.2ClH.2Sn/c1-2-3-66-38-30(65)37-17(10-52)73-45(38)80-36-16(9-51)72-43(29(64)23(36)58)78-34-14(7-49)70-41(27(62)21(34)56)76-32-12(5-47)68-39(25(60)19(32)54)74-31-11(4-46)67-40(24(59)18(31)53)75-33-13(6-48)69-42(26(61)20(33)55)77-35-15(8-50)71-44(79-37)28(63)22(35)57;;;;;;;;/h1,11-65H,2-10H2;4*1H3;2*1H;;/q;;;;;;;2*+1/p-2/t11-,12-,13-,14-,15-,16-,17-,18-,19-,20-,21-,22-,23-,24-,25-,26-,27-,28-,29-,30+,31-,32-,33-,34-,35-,36-,37-,38-,39-,40-,41-,42-,43-,44-,45-;;;;;;;;/m1......../s1. The molecule has 88 heavy (non-hydrogen) atoms. The van der Waals surface area contributed by atoms with E-state index in [0.29, 0.717) is 0 Å². The Labute approximate surface area is 518 Å². The van der Waals surface area contributed by atoms with E-state index >= 15 is 0 Å². The molecule has 15 aliphatic rings. The molecule has 14 bridgehead atoms. The molecule has 15 fully saturated rings. The molecule has 15 aliphatic heterocycles. The fraction of sp³-hybridized carbons (Fsp3) is 1.00. The average molecular weight is 1540 g/mol. The van der Waals surface area contributed by atoms with Gasteiger partial charge in [0.25, 0.3) is 0 Å². The molecule has 0 saturated carbocycles. The van der Waals surface area contributed by atoms with Crippen molar-refractivity contribution in [2.24, 2.45) is 0 Å². The fourth-order valence-electron chi connectivity index (χ4n) is 12.4. The Bertz CT molecular complexity index is 2130. The topological polar surface area (TPSA) is 543 Å². The van der Waals surface area contributed by atoms with Crippen LogP contribution in [-0.2, 0) is 71.1 Å². The number of hydrogen-bond acceptors (Lipinski definition) is 35. The summed E-state index contributed by atoms with van der Waals surface area (Å²) in [5.41, 5.74) is 0.